The molecule has 0 bridgehead atoms. The molecule has 1 aromatic rings. The highest BCUT2D eigenvalue weighted by atomic mass is 19.3. The van der Waals surface area contributed by atoms with E-state index in [2.05, 4.69) is 10.3 Å². The minimum atomic E-state index is -2.79. The third-order valence-electron chi connectivity index (χ3n) is 4.28. The summed E-state index contributed by atoms with van der Waals surface area (Å²) in [5.41, 5.74) is 4.52. The Hall–Kier alpha value is -2.66. The van der Waals surface area contributed by atoms with Gasteiger partial charge in [-0.05, 0) is 12.8 Å². The molecule has 0 aromatic carbocycles. The first-order chi connectivity index (χ1) is 12.5. The summed E-state index contributed by atoms with van der Waals surface area (Å²) in [5, 5.41) is 13.6. The number of carbonyl (C=O) groups is 1. The van der Waals surface area contributed by atoms with Gasteiger partial charge in [-0.15, -0.1) is 0 Å². The van der Waals surface area contributed by atoms with E-state index in [1.807, 2.05) is 0 Å². The van der Waals surface area contributed by atoms with Crippen molar-refractivity contribution in [2.24, 2.45) is 0 Å². The molecular formula is C15H19F4N5O3. The lowest BCUT2D eigenvalue weighted by Crippen LogP contribution is -2.41. The quantitative estimate of drug-likeness (QED) is 0.436. The Labute approximate surface area is 151 Å². The van der Waals surface area contributed by atoms with Crippen LogP contribution >= 0.6 is 0 Å². The van der Waals surface area contributed by atoms with E-state index < -0.39 is 60.1 Å². The maximum atomic E-state index is 13.2. The Morgan fingerprint density at radius 2 is 2.07 bits per heavy atom. The molecule has 27 heavy (non-hydrogen) atoms. The number of nitrogens with one attached hydrogen (secondary N) is 1. The Morgan fingerprint density at radius 3 is 2.59 bits per heavy atom. The Morgan fingerprint density at radius 1 is 1.48 bits per heavy atom. The maximum Gasteiger partial charge on any atom is 0.312 e. The standard InChI is InChI=1S/C15H19F4N5O3/c1-23(7-11(16)17)13-9(6-10(24(26)27)12(20)22-13)14(25)21-8-2-4-15(18,19)5-3-8/h6,8,11H,2-5,7H2,1H3,(H2,20,22)(H,21,25). The predicted molar refractivity (Wildman–Crippen MR) is 89.2 cm³/mol. The van der Waals surface area contributed by atoms with Gasteiger partial charge in [0.2, 0.25) is 11.7 Å². The fourth-order valence-corrected chi connectivity index (χ4v) is 2.85. The molecular weight excluding hydrogens is 374 g/mol. The molecule has 0 saturated heterocycles. The number of alkyl halides is 4. The van der Waals surface area contributed by atoms with E-state index in [1.165, 1.54) is 7.05 Å². The summed E-state index contributed by atoms with van der Waals surface area (Å²) < 4.78 is 51.8. The zero-order valence-electron chi connectivity index (χ0n) is 14.4. The van der Waals surface area contributed by atoms with E-state index in [4.69, 9.17) is 5.73 Å². The number of hydrogen-bond acceptors (Lipinski definition) is 6. The number of nitrogen functional groups attached to an aromatic ring is 1. The summed E-state index contributed by atoms with van der Waals surface area (Å²) in [6, 6.07) is 0.300. The maximum absolute atomic E-state index is 13.2. The van der Waals surface area contributed by atoms with Gasteiger partial charge in [-0.25, -0.2) is 22.5 Å². The van der Waals surface area contributed by atoms with Gasteiger partial charge in [-0.3, -0.25) is 14.9 Å². The van der Waals surface area contributed by atoms with Gasteiger partial charge >= 0.3 is 5.69 Å². The van der Waals surface area contributed by atoms with E-state index in [0.717, 1.165) is 11.0 Å². The molecule has 1 aliphatic carbocycles. The highest BCUT2D eigenvalue weighted by Crippen LogP contribution is 2.33. The van der Waals surface area contributed by atoms with Crippen molar-refractivity contribution >= 4 is 23.2 Å². The molecule has 2 rings (SSSR count). The lowest BCUT2D eigenvalue weighted by Gasteiger charge is -2.29. The molecule has 1 amide bonds. The minimum Gasteiger partial charge on any atom is -0.378 e. The van der Waals surface area contributed by atoms with Crippen molar-refractivity contribution in [2.75, 3.05) is 24.2 Å². The van der Waals surface area contributed by atoms with Crippen LogP contribution in [0, 0.1) is 10.1 Å². The number of rotatable bonds is 6. The van der Waals surface area contributed by atoms with Crippen LogP contribution in [-0.4, -0.2) is 47.8 Å². The molecule has 0 spiro atoms. The molecule has 150 valence electrons. The second kappa shape index (κ2) is 7.92. The molecule has 1 fully saturated rings. The Kier molecular flexibility index (Phi) is 6.06. The zero-order chi connectivity index (χ0) is 20.4. The zero-order valence-corrected chi connectivity index (χ0v) is 14.4. The minimum absolute atomic E-state index is 0.0332. The number of aromatic nitrogens is 1. The summed E-state index contributed by atoms with van der Waals surface area (Å²) in [4.78, 5) is 27.4. The number of nitrogens with zero attached hydrogens (tertiary/aromatic N) is 3. The average Bonchev–Trinajstić information content (AvgIpc) is 2.55. The van der Waals surface area contributed by atoms with Crippen molar-refractivity contribution in [3.63, 3.8) is 0 Å². The van der Waals surface area contributed by atoms with E-state index in [-0.39, 0.29) is 24.2 Å². The summed E-state index contributed by atoms with van der Waals surface area (Å²) in [6.45, 7) is -0.778. The first-order valence-electron chi connectivity index (χ1n) is 8.13. The van der Waals surface area contributed by atoms with Crippen molar-refractivity contribution in [3.8, 4) is 0 Å². The second-order valence-electron chi connectivity index (χ2n) is 6.40. The Bertz CT molecular complexity index is 722. The Balaban J connectivity index is 2.30. The molecule has 1 heterocycles. The molecule has 0 unspecified atom stereocenters. The summed E-state index contributed by atoms with van der Waals surface area (Å²) in [7, 11) is 1.23. The van der Waals surface area contributed by atoms with Crippen LogP contribution in [0.1, 0.15) is 36.0 Å². The monoisotopic (exact) mass is 393 g/mol. The number of nitro groups is 1. The van der Waals surface area contributed by atoms with Crippen LogP contribution in [-0.2, 0) is 0 Å². The first-order valence-corrected chi connectivity index (χ1v) is 8.13. The van der Waals surface area contributed by atoms with Gasteiger partial charge in [0.1, 0.15) is 5.82 Å². The van der Waals surface area contributed by atoms with Crippen LogP contribution < -0.4 is 16.0 Å². The smallest absolute Gasteiger partial charge is 0.312 e. The van der Waals surface area contributed by atoms with E-state index in [0.29, 0.717) is 0 Å². The average molecular weight is 393 g/mol. The molecule has 3 N–H and O–H groups in total. The predicted octanol–water partition coefficient (Wildman–Crippen LogP) is 2.58. The number of carbonyl (C=O) groups excluding carboxylic acids is 1. The van der Waals surface area contributed by atoms with Crippen LogP contribution in [0.2, 0.25) is 0 Å². The van der Waals surface area contributed by atoms with Crippen molar-refractivity contribution in [2.45, 2.75) is 44.1 Å². The van der Waals surface area contributed by atoms with Crippen LogP contribution in [0.4, 0.5) is 34.9 Å². The van der Waals surface area contributed by atoms with Gasteiger partial charge in [0.05, 0.1) is 17.0 Å². The van der Waals surface area contributed by atoms with Crippen LogP contribution in [0.3, 0.4) is 0 Å². The number of hydrogen-bond donors (Lipinski definition) is 2. The van der Waals surface area contributed by atoms with E-state index >= 15 is 0 Å². The number of amides is 1. The van der Waals surface area contributed by atoms with Crippen LogP contribution in [0.25, 0.3) is 0 Å². The van der Waals surface area contributed by atoms with Crippen molar-refractivity contribution in [1.29, 1.82) is 0 Å². The van der Waals surface area contributed by atoms with Crippen molar-refractivity contribution < 1.29 is 27.3 Å². The summed E-state index contributed by atoms with van der Waals surface area (Å²) >= 11 is 0. The lowest BCUT2D eigenvalue weighted by molar-refractivity contribution is -0.384. The highest BCUT2D eigenvalue weighted by Gasteiger charge is 2.36. The summed E-state index contributed by atoms with van der Waals surface area (Å²) in [6.07, 6.45) is -3.46. The molecule has 0 aliphatic heterocycles. The molecule has 12 heteroatoms. The summed E-state index contributed by atoms with van der Waals surface area (Å²) in [5.74, 6) is -4.38. The fraction of sp³-hybridized carbons (Fsp3) is 0.600. The van der Waals surface area contributed by atoms with Gasteiger partial charge in [0.15, 0.2) is 0 Å². The second-order valence-corrected chi connectivity index (χ2v) is 6.40. The third-order valence-corrected chi connectivity index (χ3v) is 4.28. The van der Waals surface area contributed by atoms with Gasteiger partial charge in [0, 0.05) is 32.0 Å². The normalized spacial score (nSPS) is 17.0. The van der Waals surface area contributed by atoms with E-state index in [9.17, 15) is 32.5 Å². The number of halogens is 4. The molecule has 1 aliphatic rings. The molecule has 1 saturated carbocycles. The molecule has 0 radical (unpaired) electrons. The molecule has 8 nitrogen and oxygen atoms in total. The van der Waals surface area contributed by atoms with Gasteiger partial charge in [-0.2, -0.15) is 0 Å². The molecule has 0 atom stereocenters. The first kappa shape index (κ1) is 20.6. The number of anilines is 2. The van der Waals surface area contributed by atoms with Gasteiger partial charge in [-0.1, -0.05) is 0 Å². The van der Waals surface area contributed by atoms with Gasteiger partial charge in [0.25, 0.3) is 12.3 Å². The van der Waals surface area contributed by atoms with Crippen LogP contribution in [0.5, 0.6) is 0 Å². The number of nitrogens with two attached hydrogens (primary N) is 1. The number of pyridine rings is 1. The van der Waals surface area contributed by atoms with Crippen molar-refractivity contribution in [3.05, 3.63) is 21.7 Å². The SMILES string of the molecule is CN(CC(F)F)c1nc(N)c([N+](=O)[O-])cc1C(=O)NC1CCC(F)(F)CC1. The third kappa shape index (κ3) is 5.17. The largest absolute Gasteiger partial charge is 0.378 e. The lowest BCUT2D eigenvalue weighted by atomic mass is 9.92. The highest BCUT2D eigenvalue weighted by molar-refractivity contribution is 6.00. The van der Waals surface area contributed by atoms with Crippen molar-refractivity contribution in [1.82, 2.24) is 10.3 Å². The fourth-order valence-electron chi connectivity index (χ4n) is 2.85. The molecule has 1 aromatic heterocycles. The van der Waals surface area contributed by atoms with Gasteiger partial charge < -0.3 is 16.0 Å². The topological polar surface area (TPSA) is 114 Å². The van der Waals surface area contributed by atoms with Crippen LogP contribution in [0.15, 0.2) is 6.07 Å². The van der Waals surface area contributed by atoms with E-state index in [1.54, 1.807) is 0 Å².